The molecule has 0 amide bonds. The summed E-state index contributed by atoms with van der Waals surface area (Å²) in [4.78, 5) is 8.42. The number of aliphatic hydroxyl groups is 1. The largest absolute Gasteiger partial charge is 0.394 e. The van der Waals surface area contributed by atoms with Crippen molar-refractivity contribution >= 4 is 23.1 Å². The van der Waals surface area contributed by atoms with E-state index in [9.17, 15) is 0 Å². The maximum Gasteiger partial charge on any atom is 0.157 e. The second kappa shape index (κ2) is 6.61. The molecule has 1 heterocycles. The van der Waals surface area contributed by atoms with Crippen molar-refractivity contribution in [3.63, 3.8) is 0 Å². The van der Waals surface area contributed by atoms with Gasteiger partial charge in [-0.3, -0.25) is 0 Å². The number of hydrogen-bond acceptors (Lipinski definition) is 5. The molecule has 0 aliphatic rings. The highest BCUT2D eigenvalue weighted by molar-refractivity contribution is 6.32. The molecule has 0 saturated heterocycles. The van der Waals surface area contributed by atoms with Crippen LogP contribution in [0.3, 0.4) is 0 Å². The third-order valence-corrected chi connectivity index (χ3v) is 2.76. The summed E-state index contributed by atoms with van der Waals surface area (Å²) >= 11 is 5.95. The van der Waals surface area contributed by atoms with Gasteiger partial charge in [0.2, 0.25) is 0 Å². The molecular formula is C11H19ClN4O. The first-order chi connectivity index (χ1) is 8.12. The van der Waals surface area contributed by atoms with Gasteiger partial charge in [-0.15, -0.1) is 0 Å². The molecule has 96 valence electrons. The number of nitrogens with two attached hydrogens (primary N) is 1. The Kier molecular flexibility index (Phi) is 5.44. The van der Waals surface area contributed by atoms with Gasteiger partial charge in [-0.05, 0) is 12.8 Å². The Labute approximate surface area is 106 Å². The highest BCUT2D eigenvalue weighted by atomic mass is 35.5. The van der Waals surface area contributed by atoms with Crippen LogP contribution in [0.1, 0.15) is 32.5 Å². The van der Waals surface area contributed by atoms with E-state index >= 15 is 0 Å². The second-order valence-electron chi connectivity index (χ2n) is 3.88. The molecule has 0 radical (unpaired) electrons. The SMILES string of the molecule is CCCc1nc(Cl)c(N)c(NC(CC)CO)n1. The first-order valence-electron chi connectivity index (χ1n) is 5.81. The summed E-state index contributed by atoms with van der Waals surface area (Å²) in [7, 11) is 0. The van der Waals surface area contributed by atoms with Crippen molar-refractivity contribution in [1.82, 2.24) is 9.97 Å². The Hall–Kier alpha value is -1.07. The maximum absolute atomic E-state index is 9.14. The summed E-state index contributed by atoms with van der Waals surface area (Å²) in [5, 5.41) is 12.5. The molecule has 1 unspecified atom stereocenters. The molecule has 0 aliphatic heterocycles. The Bertz CT molecular complexity index is 369. The average Bonchev–Trinajstić information content (AvgIpc) is 2.32. The van der Waals surface area contributed by atoms with E-state index < -0.39 is 0 Å². The predicted octanol–water partition coefficient (Wildman–Crippen LogP) is 1.85. The molecule has 1 aromatic heterocycles. The van der Waals surface area contributed by atoms with Crippen LogP contribution < -0.4 is 11.1 Å². The molecule has 4 N–H and O–H groups in total. The number of nitrogens with zero attached hydrogens (tertiary/aromatic N) is 2. The molecule has 0 aliphatic carbocycles. The number of aromatic nitrogens is 2. The van der Waals surface area contributed by atoms with Crippen LogP contribution in [0.4, 0.5) is 11.5 Å². The fourth-order valence-corrected chi connectivity index (χ4v) is 1.59. The molecule has 5 nitrogen and oxygen atoms in total. The Morgan fingerprint density at radius 3 is 2.65 bits per heavy atom. The van der Waals surface area contributed by atoms with Crippen LogP contribution in [0.25, 0.3) is 0 Å². The topological polar surface area (TPSA) is 84.1 Å². The smallest absolute Gasteiger partial charge is 0.157 e. The number of aryl methyl sites for hydroxylation is 1. The number of halogens is 1. The van der Waals surface area contributed by atoms with E-state index in [1.54, 1.807) is 0 Å². The molecule has 1 aromatic rings. The van der Waals surface area contributed by atoms with E-state index in [4.69, 9.17) is 22.4 Å². The molecule has 6 heteroatoms. The zero-order valence-corrected chi connectivity index (χ0v) is 11.0. The van der Waals surface area contributed by atoms with Gasteiger partial charge in [0.15, 0.2) is 11.0 Å². The van der Waals surface area contributed by atoms with Crippen molar-refractivity contribution in [2.24, 2.45) is 0 Å². The van der Waals surface area contributed by atoms with Gasteiger partial charge < -0.3 is 16.2 Å². The van der Waals surface area contributed by atoms with Crippen LogP contribution in [0.5, 0.6) is 0 Å². The van der Waals surface area contributed by atoms with Crippen molar-refractivity contribution in [3.05, 3.63) is 11.0 Å². The highest BCUT2D eigenvalue weighted by Crippen LogP contribution is 2.24. The molecular weight excluding hydrogens is 240 g/mol. The molecule has 0 bridgehead atoms. The predicted molar refractivity (Wildman–Crippen MR) is 70.2 cm³/mol. The minimum Gasteiger partial charge on any atom is -0.394 e. The van der Waals surface area contributed by atoms with Crippen LogP contribution >= 0.6 is 11.6 Å². The van der Waals surface area contributed by atoms with E-state index in [1.165, 1.54) is 0 Å². The van der Waals surface area contributed by atoms with Gasteiger partial charge in [-0.25, -0.2) is 9.97 Å². The van der Waals surface area contributed by atoms with E-state index in [0.717, 1.165) is 19.3 Å². The number of rotatable bonds is 6. The molecule has 17 heavy (non-hydrogen) atoms. The van der Waals surface area contributed by atoms with Crippen molar-refractivity contribution in [2.45, 2.75) is 39.2 Å². The summed E-state index contributed by atoms with van der Waals surface area (Å²) < 4.78 is 0. The lowest BCUT2D eigenvalue weighted by atomic mass is 10.2. The van der Waals surface area contributed by atoms with Gasteiger partial charge in [0.05, 0.1) is 12.6 Å². The zero-order chi connectivity index (χ0) is 12.8. The van der Waals surface area contributed by atoms with Crippen LogP contribution in [0.15, 0.2) is 0 Å². The fourth-order valence-electron chi connectivity index (χ4n) is 1.40. The summed E-state index contributed by atoms with van der Waals surface area (Å²) in [6.45, 7) is 4.05. The first-order valence-corrected chi connectivity index (χ1v) is 6.19. The van der Waals surface area contributed by atoms with Crippen molar-refractivity contribution in [1.29, 1.82) is 0 Å². The second-order valence-corrected chi connectivity index (χ2v) is 4.23. The van der Waals surface area contributed by atoms with Crippen LogP contribution in [0.2, 0.25) is 5.15 Å². The number of nitrogen functional groups attached to an aromatic ring is 1. The van der Waals surface area contributed by atoms with Gasteiger partial charge in [0, 0.05) is 6.42 Å². The van der Waals surface area contributed by atoms with Crippen LogP contribution in [0, 0.1) is 0 Å². The Morgan fingerprint density at radius 1 is 1.41 bits per heavy atom. The van der Waals surface area contributed by atoms with Crippen LogP contribution in [-0.4, -0.2) is 27.7 Å². The lowest BCUT2D eigenvalue weighted by Gasteiger charge is -2.17. The number of aliphatic hydroxyl groups excluding tert-OH is 1. The fraction of sp³-hybridized carbons (Fsp3) is 0.636. The molecule has 0 saturated carbocycles. The van der Waals surface area contributed by atoms with Crippen molar-refractivity contribution in [3.8, 4) is 0 Å². The standard InChI is InChI=1S/C11H19ClN4O/c1-3-5-8-15-10(12)9(13)11(16-8)14-7(4-2)6-17/h7,17H,3-6,13H2,1-2H3,(H,14,15,16). The summed E-state index contributed by atoms with van der Waals surface area (Å²) in [5.74, 6) is 1.18. The third-order valence-electron chi connectivity index (χ3n) is 2.47. The highest BCUT2D eigenvalue weighted by Gasteiger charge is 2.13. The Morgan fingerprint density at radius 2 is 2.12 bits per heavy atom. The van der Waals surface area contributed by atoms with Gasteiger partial charge in [-0.1, -0.05) is 25.4 Å². The molecule has 0 fully saturated rings. The lowest BCUT2D eigenvalue weighted by Crippen LogP contribution is -2.24. The quantitative estimate of drug-likeness (QED) is 0.678. The van der Waals surface area contributed by atoms with Gasteiger partial charge in [0.1, 0.15) is 11.5 Å². The Balaban J connectivity index is 2.96. The molecule has 0 spiro atoms. The normalized spacial score (nSPS) is 12.5. The number of nitrogens with one attached hydrogen (secondary N) is 1. The van der Waals surface area contributed by atoms with Crippen LogP contribution in [-0.2, 0) is 6.42 Å². The monoisotopic (exact) mass is 258 g/mol. The molecule has 0 aromatic carbocycles. The summed E-state index contributed by atoms with van der Waals surface area (Å²) in [5.41, 5.74) is 6.14. The minimum absolute atomic E-state index is 0.0284. The first kappa shape index (κ1) is 14.0. The van der Waals surface area contributed by atoms with E-state index in [2.05, 4.69) is 15.3 Å². The molecule has 1 rings (SSSR count). The van der Waals surface area contributed by atoms with Gasteiger partial charge >= 0.3 is 0 Å². The van der Waals surface area contributed by atoms with Crippen molar-refractivity contribution < 1.29 is 5.11 Å². The summed E-state index contributed by atoms with van der Waals surface area (Å²) in [6.07, 6.45) is 2.47. The minimum atomic E-state index is -0.0715. The number of anilines is 2. The van der Waals surface area contributed by atoms with Gasteiger partial charge in [-0.2, -0.15) is 0 Å². The van der Waals surface area contributed by atoms with E-state index in [0.29, 0.717) is 17.3 Å². The van der Waals surface area contributed by atoms with E-state index in [-0.39, 0.29) is 17.8 Å². The number of hydrogen-bond donors (Lipinski definition) is 3. The van der Waals surface area contributed by atoms with Crippen molar-refractivity contribution in [2.75, 3.05) is 17.7 Å². The van der Waals surface area contributed by atoms with E-state index in [1.807, 2.05) is 13.8 Å². The molecule has 1 atom stereocenters. The van der Waals surface area contributed by atoms with Gasteiger partial charge in [0.25, 0.3) is 0 Å². The summed E-state index contributed by atoms with van der Waals surface area (Å²) in [6, 6.07) is -0.0715. The third kappa shape index (κ3) is 3.71. The maximum atomic E-state index is 9.14. The zero-order valence-electron chi connectivity index (χ0n) is 10.2. The lowest BCUT2D eigenvalue weighted by molar-refractivity contribution is 0.271. The average molecular weight is 259 g/mol.